The standard InChI is InChI=1S/C18H22ClF3N2OS/c19-15-14(5-7-23-16(15)18(20,21)22)12-1-3-13(4-2-12)24-8-6-17(9-24)10-26(25)11-17/h5,7,12-13H,1-4,6,8-11H2. The van der Waals surface area contributed by atoms with Gasteiger partial charge in [0.1, 0.15) is 11.5 Å². The average Bonchev–Trinajstić information content (AvgIpc) is 2.99. The maximum absolute atomic E-state index is 13.0. The van der Waals surface area contributed by atoms with Gasteiger partial charge in [-0.3, -0.25) is 9.88 Å². The Morgan fingerprint density at radius 3 is 2.54 bits per heavy atom. The van der Waals surface area contributed by atoms with Crippen LogP contribution in [0.3, 0.4) is 0 Å². The summed E-state index contributed by atoms with van der Waals surface area (Å²) in [6.07, 6.45) is 1.48. The van der Waals surface area contributed by atoms with E-state index in [0.29, 0.717) is 11.6 Å². The highest BCUT2D eigenvalue weighted by Crippen LogP contribution is 2.45. The third-order valence-electron chi connectivity index (χ3n) is 6.24. The highest BCUT2D eigenvalue weighted by Gasteiger charge is 2.53. The first-order valence-corrected chi connectivity index (χ1v) is 10.9. The molecule has 1 spiro atoms. The number of halogens is 4. The number of aromatic nitrogens is 1. The molecule has 0 bridgehead atoms. The van der Waals surface area contributed by atoms with Crippen molar-refractivity contribution in [2.75, 3.05) is 24.6 Å². The molecule has 0 unspecified atom stereocenters. The van der Waals surface area contributed by atoms with Gasteiger partial charge in [-0.25, -0.2) is 0 Å². The number of likely N-dealkylation sites (tertiary alicyclic amines) is 1. The minimum absolute atomic E-state index is 0.0654. The third kappa shape index (κ3) is 3.48. The van der Waals surface area contributed by atoms with E-state index in [0.717, 1.165) is 56.7 Å². The smallest absolute Gasteiger partial charge is 0.434 e. The molecule has 2 aliphatic heterocycles. The topological polar surface area (TPSA) is 39.2 Å². The van der Waals surface area contributed by atoms with Crippen molar-refractivity contribution in [1.29, 1.82) is 0 Å². The SMILES string of the molecule is [O-][S+]1CC2(CCN(C3CCC(c4ccnc(C(F)(F)F)c4Cl)CC3)C2)C1. The van der Waals surface area contributed by atoms with Crippen molar-refractivity contribution in [2.24, 2.45) is 5.41 Å². The Balaban J connectivity index is 1.39. The van der Waals surface area contributed by atoms with Gasteiger partial charge in [0, 0.05) is 18.8 Å². The lowest BCUT2D eigenvalue weighted by molar-refractivity contribution is -0.141. The van der Waals surface area contributed by atoms with E-state index in [2.05, 4.69) is 9.88 Å². The fraction of sp³-hybridized carbons (Fsp3) is 0.722. The van der Waals surface area contributed by atoms with Crippen LogP contribution in [0.2, 0.25) is 5.02 Å². The zero-order valence-electron chi connectivity index (χ0n) is 14.4. The molecule has 3 heterocycles. The van der Waals surface area contributed by atoms with Crippen molar-refractivity contribution in [3.8, 4) is 0 Å². The van der Waals surface area contributed by atoms with E-state index in [9.17, 15) is 17.7 Å². The number of hydrogen-bond acceptors (Lipinski definition) is 3. The molecular weight excluding hydrogens is 385 g/mol. The first-order valence-electron chi connectivity index (χ1n) is 9.08. The zero-order chi connectivity index (χ0) is 18.5. The largest absolute Gasteiger partial charge is 0.616 e. The predicted octanol–water partition coefficient (Wildman–Crippen LogP) is 4.23. The Labute approximate surface area is 159 Å². The normalized spacial score (nSPS) is 35.7. The Hall–Kier alpha value is -0.500. The highest BCUT2D eigenvalue weighted by molar-refractivity contribution is 7.92. The van der Waals surface area contributed by atoms with Gasteiger partial charge in [-0.15, -0.1) is 0 Å². The summed E-state index contributed by atoms with van der Waals surface area (Å²) in [7, 11) is 0. The fourth-order valence-corrected chi connectivity index (χ4v) is 7.01. The van der Waals surface area contributed by atoms with Crippen LogP contribution in [0.4, 0.5) is 13.2 Å². The van der Waals surface area contributed by atoms with Crippen LogP contribution in [0.1, 0.15) is 49.3 Å². The van der Waals surface area contributed by atoms with Crippen LogP contribution in [0.15, 0.2) is 12.3 Å². The van der Waals surface area contributed by atoms with Crippen molar-refractivity contribution in [3.63, 3.8) is 0 Å². The monoisotopic (exact) mass is 406 g/mol. The molecule has 3 nitrogen and oxygen atoms in total. The summed E-state index contributed by atoms with van der Waals surface area (Å²) < 4.78 is 50.5. The summed E-state index contributed by atoms with van der Waals surface area (Å²) >= 11 is 5.42. The molecule has 4 rings (SSSR count). The summed E-state index contributed by atoms with van der Waals surface area (Å²) in [6, 6.07) is 2.12. The van der Waals surface area contributed by atoms with Crippen molar-refractivity contribution in [1.82, 2.24) is 9.88 Å². The molecule has 144 valence electrons. The molecule has 0 atom stereocenters. The van der Waals surface area contributed by atoms with E-state index in [-0.39, 0.29) is 16.4 Å². The number of alkyl halides is 3. The molecule has 26 heavy (non-hydrogen) atoms. The molecule has 3 fully saturated rings. The number of pyridine rings is 1. The van der Waals surface area contributed by atoms with Crippen LogP contribution in [-0.4, -0.2) is 45.1 Å². The first-order chi connectivity index (χ1) is 12.3. The van der Waals surface area contributed by atoms with Gasteiger partial charge in [-0.2, -0.15) is 13.2 Å². The molecular formula is C18H22ClF3N2OS. The van der Waals surface area contributed by atoms with E-state index in [1.807, 2.05) is 0 Å². The molecule has 1 aromatic heterocycles. The van der Waals surface area contributed by atoms with Gasteiger partial charge in [-0.1, -0.05) is 22.8 Å². The van der Waals surface area contributed by atoms with E-state index < -0.39 is 23.0 Å². The van der Waals surface area contributed by atoms with Crippen LogP contribution >= 0.6 is 11.6 Å². The van der Waals surface area contributed by atoms with Gasteiger partial charge in [0.2, 0.25) is 0 Å². The highest BCUT2D eigenvalue weighted by atomic mass is 35.5. The molecule has 1 saturated carbocycles. The quantitative estimate of drug-likeness (QED) is 0.690. The lowest BCUT2D eigenvalue weighted by atomic mass is 9.81. The second kappa shape index (κ2) is 6.83. The summed E-state index contributed by atoms with van der Waals surface area (Å²) in [5.41, 5.74) is -0.115. The molecule has 0 aromatic carbocycles. The van der Waals surface area contributed by atoms with Crippen molar-refractivity contribution >= 4 is 22.8 Å². The molecule has 0 amide bonds. The summed E-state index contributed by atoms with van der Waals surface area (Å²) in [5, 5.41) is -0.236. The lowest BCUT2D eigenvalue weighted by Gasteiger charge is -2.40. The lowest BCUT2D eigenvalue weighted by Crippen LogP contribution is -2.51. The molecule has 0 N–H and O–H groups in total. The maximum Gasteiger partial charge on any atom is 0.434 e. The minimum Gasteiger partial charge on any atom is -0.616 e. The average molecular weight is 407 g/mol. The summed E-state index contributed by atoms with van der Waals surface area (Å²) in [6.45, 7) is 2.09. The van der Waals surface area contributed by atoms with Gasteiger partial charge in [0.05, 0.1) is 10.4 Å². The van der Waals surface area contributed by atoms with Crippen LogP contribution < -0.4 is 0 Å². The molecule has 3 aliphatic rings. The van der Waals surface area contributed by atoms with E-state index in [4.69, 9.17) is 11.6 Å². The minimum atomic E-state index is -4.52. The van der Waals surface area contributed by atoms with Gasteiger partial charge >= 0.3 is 6.18 Å². The third-order valence-corrected chi connectivity index (χ3v) is 8.51. The Bertz CT molecular complexity index is 673. The van der Waals surface area contributed by atoms with Gasteiger partial charge in [0.15, 0.2) is 5.69 Å². The summed E-state index contributed by atoms with van der Waals surface area (Å²) in [4.78, 5) is 5.95. The van der Waals surface area contributed by atoms with Gasteiger partial charge in [-0.05, 0) is 56.2 Å². The van der Waals surface area contributed by atoms with Crippen LogP contribution in [0.5, 0.6) is 0 Å². The van der Waals surface area contributed by atoms with E-state index >= 15 is 0 Å². The van der Waals surface area contributed by atoms with Gasteiger partial charge in [0.25, 0.3) is 0 Å². The maximum atomic E-state index is 13.0. The Morgan fingerprint density at radius 2 is 1.92 bits per heavy atom. The molecule has 1 aromatic rings. The molecule has 2 saturated heterocycles. The van der Waals surface area contributed by atoms with Crippen LogP contribution in [0, 0.1) is 5.41 Å². The fourth-order valence-electron chi connectivity index (χ4n) is 4.88. The van der Waals surface area contributed by atoms with Gasteiger partial charge < -0.3 is 4.55 Å². The molecule has 8 heteroatoms. The Morgan fingerprint density at radius 1 is 1.23 bits per heavy atom. The number of rotatable bonds is 2. The predicted molar refractivity (Wildman–Crippen MR) is 95.7 cm³/mol. The van der Waals surface area contributed by atoms with Crippen LogP contribution in [-0.2, 0) is 17.4 Å². The molecule has 0 radical (unpaired) electrons. The van der Waals surface area contributed by atoms with E-state index in [1.54, 1.807) is 6.07 Å². The van der Waals surface area contributed by atoms with Crippen molar-refractivity contribution < 1.29 is 17.7 Å². The number of hydrogen-bond donors (Lipinski definition) is 0. The number of nitrogens with zero attached hydrogens (tertiary/aromatic N) is 2. The first kappa shape index (κ1) is 18.8. The molecule has 1 aliphatic carbocycles. The zero-order valence-corrected chi connectivity index (χ0v) is 16.0. The Kier molecular flexibility index (Phi) is 4.95. The van der Waals surface area contributed by atoms with Crippen molar-refractivity contribution in [3.05, 3.63) is 28.5 Å². The summed E-state index contributed by atoms with van der Waals surface area (Å²) in [5.74, 6) is 1.74. The second-order valence-electron chi connectivity index (χ2n) is 8.01. The second-order valence-corrected chi connectivity index (χ2v) is 9.85. The van der Waals surface area contributed by atoms with Crippen LogP contribution in [0.25, 0.3) is 0 Å². The van der Waals surface area contributed by atoms with E-state index in [1.165, 1.54) is 6.20 Å². The van der Waals surface area contributed by atoms with Crippen molar-refractivity contribution in [2.45, 2.75) is 50.2 Å².